The van der Waals surface area contributed by atoms with E-state index < -0.39 is 0 Å². The molecule has 7 nitrogen and oxygen atoms in total. The van der Waals surface area contributed by atoms with Crippen molar-refractivity contribution in [1.82, 2.24) is 18.7 Å². The van der Waals surface area contributed by atoms with Gasteiger partial charge in [-0.25, -0.2) is 9.78 Å². The predicted molar refractivity (Wildman–Crippen MR) is 87.2 cm³/mol. The molecule has 2 rings (SSSR count). The summed E-state index contributed by atoms with van der Waals surface area (Å²) in [4.78, 5) is 29.8. The maximum absolute atomic E-state index is 12.7. The zero-order valence-corrected chi connectivity index (χ0v) is 13.6. The van der Waals surface area contributed by atoms with Crippen LogP contribution < -0.4 is 17.0 Å². The molecular formula is C15H25N5O2. The van der Waals surface area contributed by atoms with Crippen LogP contribution in [0.15, 0.2) is 15.9 Å². The SMILES string of the molecule is CCC(C)n1c(=O)n(CCCCN)c(=O)c2c1ncn2CC. The zero-order valence-electron chi connectivity index (χ0n) is 13.6. The summed E-state index contributed by atoms with van der Waals surface area (Å²) in [7, 11) is 0. The highest BCUT2D eigenvalue weighted by Gasteiger charge is 2.19. The monoisotopic (exact) mass is 307 g/mol. The van der Waals surface area contributed by atoms with Gasteiger partial charge < -0.3 is 10.3 Å². The van der Waals surface area contributed by atoms with Crippen LogP contribution in [0.5, 0.6) is 0 Å². The van der Waals surface area contributed by atoms with E-state index in [0.717, 1.165) is 19.3 Å². The van der Waals surface area contributed by atoms with E-state index in [0.29, 0.717) is 30.8 Å². The topological polar surface area (TPSA) is 87.8 Å². The lowest BCUT2D eigenvalue weighted by atomic mass is 10.2. The van der Waals surface area contributed by atoms with E-state index in [1.807, 2.05) is 20.8 Å². The molecule has 2 aromatic heterocycles. The fourth-order valence-corrected chi connectivity index (χ4v) is 2.63. The number of fused-ring (bicyclic) bond motifs is 1. The number of imidazole rings is 1. The number of aryl methyl sites for hydroxylation is 1. The van der Waals surface area contributed by atoms with Gasteiger partial charge in [0.05, 0.1) is 6.33 Å². The molecule has 0 aromatic carbocycles. The zero-order chi connectivity index (χ0) is 16.3. The average molecular weight is 307 g/mol. The van der Waals surface area contributed by atoms with Crippen molar-refractivity contribution >= 4 is 11.2 Å². The summed E-state index contributed by atoms with van der Waals surface area (Å²) >= 11 is 0. The summed E-state index contributed by atoms with van der Waals surface area (Å²) in [5.74, 6) is 0. The third kappa shape index (κ3) is 2.72. The molecule has 0 saturated carbocycles. The highest BCUT2D eigenvalue weighted by atomic mass is 16.2. The van der Waals surface area contributed by atoms with Crippen molar-refractivity contribution in [2.75, 3.05) is 6.54 Å². The van der Waals surface area contributed by atoms with Crippen molar-refractivity contribution in [3.05, 3.63) is 27.2 Å². The van der Waals surface area contributed by atoms with Gasteiger partial charge in [-0.15, -0.1) is 0 Å². The van der Waals surface area contributed by atoms with Gasteiger partial charge in [0, 0.05) is 19.1 Å². The second-order valence-electron chi connectivity index (χ2n) is 5.57. The number of rotatable bonds is 7. The second-order valence-corrected chi connectivity index (χ2v) is 5.57. The third-order valence-corrected chi connectivity index (χ3v) is 4.14. The lowest BCUT2D eigenvalue weighted by molar-refractivity contribution is 0.474. The molecule has 0 amide bonds. The van der Waals surface area contributed by atoms with Gasteiger partial charge in [0.2, 0.25) is 0 Å². The summed E-state index contributed by atoms with van der Waals surface area (Å²) < 4.78 is 4.78. The Morgan fingerprint density at radius 2 is 2.00 bits per heavy atom. The van der Waals surface area contributed by atoms with Crippen LogP contribution in [0.3, 0.4) is 0 Å². The van der Waals surface area contributed by atoms with Crippen molar-refractivity contribution in [3.63, 3.8) is 0 Å². The van der Waals surface area contributed by atoms with Crippen LogP contribution in [0.1, 0.15) is 46.1 Å². The molecule has 0 radical (unpaired) electrons. The molecule has 1 unspecified atom stereocenters. The molecule has 7 heteroatoms. The normalized spacial score (nSPS) is 12.9. The predicted octanol–water partition coefficient (Wildman–Crippen LogP) is 1.09. The minimum Gasteiger partial charge on any atom is -0.330 e. The molecule has 2 N–H and O–H groups in total. The van der Waals surface area contributed by atoms with Gasteiger partial charge in [-0.3, -0.25) is 13.9 Å². The van der Waals surface area contributed by atoms with Gasteiger partial charge in [0.15, 0.2) is 11.2 Å². The standard InChI is InChI=1S/C15H25N5O2/c1-4-11(3)20-13-12(18(5-2)10-17-13)14(21)19(15(20)22)9-7-6-8-16/h10-11H,4-9,16H2,1-3H3. The van der Waals surface area contributed by atoms with E-state index >= 15 is 0 Å². The van der Waals surface area contributed by atoms with E-state index in [-0.39, 0.29) is 17.3 Å². The number of nitrogens with zero attached hydrogens (tertiary/aromatic N) is 4. The quantitative estimate of drug-likeness (QED) is 0.776. The first kappa shape index (κ1) is 16.5. The Labute approximate surface area is 129 Å². The number of unbranched alkanes of at least 4 members (excludes halogenated alkanes) is 1. The fraction of sp³-hybridized carbons (Fsp3) is 0.667. The van der Waals surface area contributed by atoms with Crippen molar-refractivity contribution < 1.29 is 0 Å². The molecule has 0 spiro atoms. The van der Waals surface area contributed by atoms with E-state index in [9.17, 15) is 9.59 Å². The first-order valence-corrected chi connectivity index (χ1v) is 7.97. The van der Waals surface area contributed by atoms with Crippen molar-refractivity contribution in [1.29, 1.82) is 0 Å². The van der Waals surface area contributed by atoms with E-state index in [1.54, 1.807) is 15.5 Å². The highest BCUT2D eigenvalue weighted by Crippen LogP contribution is 2.14. The molecule has 0 saturated heterocycles. The number of hydrogen-bond acceptors (Lipinski definition) is 4. The Balaban J connectivity index is 2.73. The summed E-state index contributed by atoms with van der Waals surface area (Å²) in [6.07, 6.45) is 3.95. The van der Waals surface area contributed by atoms with Crippen LogP contribution in [0.25, 0.3) is 11.2 Å². The van der Waals surface area contributed by atoms with Crippen LogP contribution in [0.2, 0.25) is 0 Å². The molecule has 122 valence electrons. The molecule has 2 aromatic rings. The van der Waals surface area contributed by atoms with Crippen molar-refractivity contribution in [2.45, 2.75) is 59.2 Å². The van der Waals surface area contributed by atoms with Crippen LogP contribution in [0.4, 0.5) is 0 Å². The number of aromatic nitrogens is 4. The Bertz CT molecular complexity index is 756. The summed E-state index contributed by atoms with van der Waals surface area (Å²) in [5, 5.41) is 0. The molecule has 22 heavy (non-hydrogen) atoms. The summed E-state index contributed by atoms with van der Waals surface area (Å²) in [6.45, 7) is 7.55. The lowest BCUT2D eigenvalue weighted by Gasteiger charge is -2.16. The maximum atomic E-state index is 12.7. The highest BCUT2D eigenvalue weighted by molar-refractivity contribution is 5.70. The molecule has 0 aliphatic carbocycles. The van der Waals surface area contributed by atoms with Crippen LogP contribution in [-0.4, -0.2) is 25.2 Å². The largest absolute Gasteiger partial charge is 0.332 e. The molecule has 0 aliphatic heterocycles. The third-order valence-electron chi connectivity index (χ3n) is 4.14. The van der Waals surface area contributed by atoms with Crippen molar-refractivity contribution in [3.8, 4) is 0 Å². The van der Waals surface area contributed by atoms with E-state index in [2.05, 4.69) is 4.98 Å². The van der Waals surface area contributed by atoms with Crippen LogP contribution >= 0.6 is 0 Å². The fourth-order valence-electron chi connectivity index (χ4n) is 2.63. The maximum Gasteiger partial charge on any atom is 0.332 e. The van der Waals surface area contributed by atoms with Crippen molar-refractivity contribution in [2.24, 2.45) is 5.73 Å². The first-order valence-electron chi connectivity index (χ1n) is 7.97. The average Bonchev–Trinajstić information content (AvgIpc) is 2.94. The molecule has 2 heterocycles. The molecule has 0 aliphatic rings. The summed E-state index contributed by atoms with van der Waals surface area (Å²) in [5.41, 5.74) is 5.97. The Kier molecular flexibility index (Phi) is 5.18. The van der Waals surface area contributed by atoms with Gasteiger partial charge in [0.25, 0.3) is 5.56 Å². The van der Waals surface area contributed by atoms with Gasteiger partial charge in [-0.1, -0.05) is 6.92 Å². The molecule has 1 atom stereocenters. The van der Waals surface area contributed by atoms with Gasteiger partial charge in [-0.05, 0) is 39.7 Å². The van der Waals surface area contributed by atoms with Crippen LogP contribution in [-0.2, 0) is 13.1 Å². The Hall–Kier alpha value is -1.89. The molecule has 0 bridgehead atoms. The smallest absolute Gasteiger partial charge is 0.330 e. The Morgan fingerprint density at radius 3 is 2.59 bits per heavy atom. The molecule has 0 fully saturated rings. The first-order chi connectivity index (χ1) is 10.6. The van der Waals surface area contributed by atoms with E-state index in [1.165, 1.54) is 4.57 Å². The minimum atomic E-state index is -0.273. The van der Waals surface area contributed by atoms with Gasteiger partial charge >= 0.3 is 5.69 Å². The van der Waals surface area contributed by atoms with E-state index in [4.69, 9.17) is 5.73 Å². The van der Waals surface area contributed by atoms with Gasteiger partial charge in [-0.2, -0.15) is 0 Å². The van der Waals surface area contributed by atoms with Gasteiger partial charge in [0.1, 0.15) is 0 Å². The second kappa shape index (κ2) is 6.91. The number of hydrogen-bond donors (Lipinski definition) is 1. The number of nitrogens with two attached hydrogens (primary N) is 1. The minimum absolute atomic E-state index is 0.00318. The lowest BCUT2D eigenvalue weighted by Crippen LogP contribution is -2.41. The Morgan fingerprint density at radius 1 is 1.27 bits per heavy atom. The van der Waals surface area contributed by atoms with Crippen LogP contribution in [0, 0.1) is 0 Å². The summed E-state index contributed by atoms with van der Waals surface area (Å²) in [6, 6.07) is -0.00318. The molecular weight excluding hydrogens is 282 g/mol.